The quantitative estimate of drug-likeness (QED) is 0.359. The Bertz CT molecular complexity index is 734. The average molecular weight is 483 g/mol. The topological polar surface area (TPSA) is 54.2 Å². The Hall–Kier alpha value is -1.57. The van der Waals surface area contributed by atoms with E-state index in [0.29, 0.717) is 0 Å². The third-order valence-corrected chi connectivity index (χ3v) is 4.69. The Morgan fingerprint density at radius 2 is 1.85 bits per heavy atom. The number of benzene rings is 1. The van der Waals surface area contributed by atoms with E-state index in [4.69, 9.17) is 4.99 Å². The van der Waals surface area contributed by atoms with Crippen LogP contribution in [-0.2, 0) is 19.9 Å². The molecule has 0 aliphatic heterocycles. The first-order valence-corrected chi connectivity index (χ1v) is 9.50. The van der Waals surface area contributed by atoms with Crippen LogP contribution in [0.5, 0.6) is 0 Å². The number of halogens is 1. The fourth-order valence-electron chi connectivity index (χ4n) is 3.08. The largest absolute Gasteiger partial charge is 0.357 e. The van der Waals surface area contributed by atoms with Gasteiger partial charge in [-0.15, -0.1) is 24.0 Å². The van der Waals surface area contributed by atoms with Gasteiger partial charge in [-0.25, -0.2) is 0 Å². The summed E-state index contributed by atoms with van der Waals surface area (Å²) < 4.78 is 1.96. The van der Waals surface area contributed by atoms with Crippen molar-refractivity contribution in [1.29, 1.82) is 0 Å². The fraction of sp³-hybridized carbons (Fsp3) is 0.524. The number of hydrogen-bond donors (Lipinski definition) is 2. The Kier molecular flexibility index (Phi) is 9.83. The summed E-state index contributed by atoms with van der Waals surface area (Å²) in [5, 5.41) is 11.4. The molecular weight excluding hydrogens is 449 g/mol. The summed E-state index contributed by atoms with van der Waals surface area (Å²) in [5.74, 6) is 0.881. The molecule has 27 heavy (non-hydrogen) atoms. The number of nitrogens with one attached hydrogen (secondary N) is 2. The average Bonchev–Trinajstić information content (AvgIpc) is 2.83. The predicted octanol–water partition coefficient (Wildman–Crippen LogP) is 3.69. The highest BCUT2D eigenvalue weighted by Gasteiger charge is 2.13. The zero-order chi connectivity index (χ0) is 19.1. The summed E-state index contributed by atoms with van der Waals surface area (Å²) in [6.45, 7) is 12.2. The Morgan fingerprint density at radius 3 is 2.41 bits per heavy atom. The lowest BCUT2D eigenvalue weighted by Crippen LogP contribution is -2.43. The zero-order valence-corrected chi connectivity index (χ0v) is 19.8. The molecule has 0 bridgehead atoms. The van der Waals surface area contributed by atoms with Gasteiger partial charge in [-0.05, 0) is 58.6 Å². The molecule has 0 radical (unpaired) electrons. The Morgan fingerprint density at radius 1 is 1.19 bits per heavy atom. The van der Waals surface area contributed by atoms with Crippen molar-refractivity contribution in [2.75, 3.05) is 13.1 Å². The molecule has 2 aromatic rings. The van der Waals surface area contributed by atoms with Crippen LogP contribution in [0.25, 0.3) is 0 Å². The van der Waals surface area contributed by atoms with Crippen molar-refractivity contribution >= 4 is 29.9 Å². The Balaban J connectivity index is 0.00000364. The predicted molar refractivity (Wildman–Crippen MR) is 125 cm³/mol. The van der Waals surface area contributed by atoms with Gasteiger partial charge >= 0.3 is 0 Å². The van der Waals surface area contributed by atoms with Crippen molar-refractivity contribution < 1.29 is 0 Å². The number of aliphatic imine (C=N–C) groups is 1. The van der Waals surface area contributed by atoms with Gasteiger partial charge in [-0.1, -0.05) is 29.8 Å². The highest BCUT2D eigenvalue weighted by molar-refractivity contribution is 14.0. The molecule has 1 aromatic heterocycles. The second kappa shape index (κ2) is 11.3. The number of aromatic nitrogens is 2. The van der Waals surface area contributed by atoms with Crippen molar-refractivity contribution in [2.24, 2.45) is 12.0 Å². The molecule has 2 rings (SSSR count). The molecule has 1 heterocycles. The monoisotopic (exact) mass is 483 g/mol. The zero-order valence-electron chi connectivity index (χ0n) is 17.5. The van der Waals surface area contributed by atoms with Gasteiger partial charge in [-0.2, -0.15) is 5.10 Å². The van der Waals surface area contributed by atoms with Gasteiger partial charge < -0.3 is 10.6 Å². The van der Waals surface area contributed by atoms with Crippen LogP contribution in [0.1, 0.15) is 41.9 Å². The normalized spacial score (nSPS) is 12.4. The van der Waals surface area contributed by atoms with Gasteiger partial charge in [0.1, 0.15) is 0 Å². The van der Waals surface area contributed by atoms with Gasteiger partial charge in [0.25, 0.3) is 0 Å². The van der Waals surface area contributed by atoms with E-state index in [1.807, 2.05) is 11.7 Å². The minimum Gasteiger partial charge on any atom is -0.357 e. The lowest BCUT2D eigenvalue weighted by atomic mass is 10.1. The van der Waals surface area contributed by atoms with Crippen LogP contribution >= 0.6 is 24.0 Å². The van der Waals surface area contributed by atoms with Crippen LogP contribution in [0.15, 0.2) is 29.3 Å². The minimum absolute atomic E-state index is 0. The molecule has 5 nitrogen and oxygen atoms in total. The summed E-state index contributed by atoms with van der Waals surface area (Å²) in [6, 6.07) is 8.96. The lowest BCUT2D eigenvalue weighted by molar-refractivity contribution is 0.635. The maximum atomic E-state index is 4.74. The van der Waals surface area contributed by atoms with E-state index < -0.39 is 0 Å². The van der Waals surface area contributed by atoms with Gasteiger partial charge in [-0.3, -0.25) is 9.67 Å². The van der Waals surface area contributed by atoms with Crippen molar-refractivity contribution in [3.05, 3.63) is 52.3 Å². The third kappa shape index (κ3) is 7.16. The van der Waals surface area contributed by atoms with E-state index >= 15 is 0 Å². The van der Waals surface area contributed by atoms with E-state index in [1.54, 1.807) is 0 Å². The van der Waals surface area contributed by atoms with Crippen LogP contribution in [0, 0.1) is 20.8 Å². The molecule has 1 atom stereocenters. The maximum absolute atomic E-state index is 4.74. The minimum atomic E-state index is 0. The highest BCUT2D eigenvalue weighted by Crippen LogP contribution is 2.14. The number of nitrogens with zero attached hydrogens (tertiary/aromatic N) is 3. The van der Waals surface area contributed by atoms with Gasteiger partial charge in [0, 0.05) is 31.9 Å². The van der Waals surface area contributed by atoms with Gasteiger partial charge in [0.15, 0.2) is 5.96 Å². The van der Waals surface area contributed by atoms with Crippen LogP contribution < -0.4 is 10.6 Å². The summed E-state index contributed by atoms with van der Waals surface area (Å²) >= 11 is 0. The standard InChI is InChI=1S/C21H33N5.HI/c1-7-22-21(23-13-12-19-10-8-15(2)9-11-19)24-16(3)14-20-17(4)25-26(6)18(20)5;/h8-11,16H,7,12-14H2,1-6H3,(H2,22,23,24);1H. The van der Waals surface area contributed by atoms with Crippen molar-refractivity contribution in [1.82, 2.24) is 20.4 Å². The number of guanidine groups is 1. The van der Waals surface area contributed by atoms with Crippen molar-refractivity contribution in [3.8, 4) is 0 Å². The molecule has 0 saturated carbocycles. The summed E-state index contributed by atoms with van der Waals surface area (Å²) in [5.41, 5.74) is 6.28. The molecule has 1 aromatic carbocycles. The molecule has 0 amide bonds. The van der Waals surface area contributed by atoms with E-state index in [-0.39, 0.29) is 30.0 Å². The molecule has 1 unspecified atom stereocenters. The maximum Gasteiger partial charge on any atom is 0.191 e. The fourth-order valence-corrected chi connectivity index (χ4v) is 3.08. The first-order valence-electron chi connectivity index (χ1n) is 9.50. The SMILES string of the molecule is CCNC(=NCCc1ccc(C)cc1)NC(C)Cc1c(C)nn(C)c1C.I. The summed E-state index contributed by atoms with van der Waals surface area (Å²) in [7, 11) is 2.00. The smallest absolute Gasteiger partial charge is 0.191 e. The molecule has 2 N–H and O–H groups in total. The van der Waals surface area contributed by atoms with E-state index in [9.17, 15) is 0 Å². The van der Waals surface area contributed by atoms with Gasteiger partial charge in [0.05, 0.1) is 5.69 Å². The van der Waals surface area contributed by atoms with Crippen molar-refractivity contribution in [3.63, 3.8) is 0 Å². The molecule has 0 aliphatic carbocycles. The molecule has 0 spiro atoms. The van der Waals surface area contributed by atoms with E-state index in [2.05, 4.69) is 74.6 Å². The number of aryl methyl sites for hydroxylation is 3. The summed E-state index contributed by atoms with van der Waals surface area (Å²) in [6.07, 6.45) is 1.89. The highest BCUT2D eigenvalue weighted by atomic mass is 127. The molecular formula is C21H34IN5. The summed E-state index contributed by atoms with van der Waals surface area (Å²) in [4.78, 5) is 4.74. The third-order valence-electron chi connectivity index (χ3n) is 4.69. The first kappa shape index (κ1) is 23.5. The van der Waals surface area contributed by atoms with E-state index in [0.717, 1.165) is 37.6 Å². The van der Waals surface area contributed by atoms with Gasteiger partial charge in [0.2, 0.25) is 0 Å². The lowest BCUT2D eigenvalue weighted by Gasteiger charge is -2.18. The molecule has 0 fully saturated rings. The Labute approximate surface area is 181 Å². The molecule has 6 heteroatoms. The number of hydrogen-bond acceptors (Lipinski definition) is 2. The van der Waals surface area contributed by atoms with Crippen LogP contribution in [0.2, 0.25) is 0 Å². The van der Waals surface area contributed by atoms with Crippen LogP contribution in [0.4, 0.5) is 0 Å². The second-order valence-electron chi connectivity index (χ2n) is 7.02. The van der Waals surface area contributed by atoms with E-state index in [1.165, 1.54) is 22.4 Å². The first-order chi connectivity index (χ1) is 12.4. The van der Waals surface area contributed by atoms with Crippen molar-refractivity contribution in [2.45, 2.75) is 53.5 Å². The van der Waals surface area contributed by atoms with Crippen LogP contribution in [-0.4, -0.2) is 34.9 Å². The molecule has 150 valence electrons. The molecule has 0 aliphatic rings. The second-order valence-corrected chi connectivity index (χ2v) is 7.02. The van der Waals surface area contributed by atoms with Crippen LogP contribution in [0.3, 0.4) is 0 Å². The number of rotatable bonds is 7. The molecule has 0 saturated heterocycles.